The predicted molar refractivity (Wildman–Crippen MR) is 93.7 cm³/mol. The first-order valence-electron chi connectivity index (χ1n) is 8.02. The van der Waals surface area contributed by atoms with Crippen LogP contribution in [0, 0.1) is 0 Å². The molecule has 0 spiro atoms. The molecule has 1 amide bonds. The van der Waals surface area contributed by atoms with Gasteiger partial charge in [-0.15, -0.1) is 0 Å². The van der Waals surface area contributed by atoms with Crippen LogP contribution in [0.1, 0.15) is 11.1 Å². The second-order valence-corrected chi connectivity index (χ2v) is 5.75. The third-order valence-electron chi connectivity index (χ3n) is 4.09. The van der Waals surface area contributed by atoms with Crippen molar-refractivity contribution in [1.82, 2.24) is 4.90 Å². The largest absolute Gasteiger partial charge is 0.472 e. The van der Waals surface area contributed by atoms with Crippen LogP contribution in [-0.4, -0.2) is 31.1 Å². The van der Waals surface area contributed by atoms with Crippen LogP contribution in [0.25, 0.3) is 10.8 Å². The number of benzene rings is 2. The fraction of sp³-hybridized carbons (Fsp3) is 0.250. The van der Waals surface area contributed by atoms with Crippen molar-refractivity contribution in [3.05, 3.63) is 72.2 Å². The van der Waals surface area contributed by atoms with Gasteiger partial charge in [-0.05, 0) is 22.4 Å². The summed E-state index contributed by atoms with van der Waals surface area (Å²) in [6, 6.07) is 16.1. The van der Waals surface area contributed by atoms with E-state index < -0.39 is 0 Å². The molecule has 4 heteroatoms. The summed E-state index contributed by atoms with van der Waals surface area (Å²) in [5, 5.41) is 2.28. The summed E-state index contributed by atoms with van der Waals surface area (Å²) in [6.07, 6.45) is 3.67. The van der Waals surface area contributed by atoms with Gasteiger partial charge in [0, 0.05) is 25.8 Å². The predicted octanol–water partition coefficient (Wildman–Crippen LogP) is 3.65. The third kappa shape index (κ3) is 3.84. The molecule has 0 aliphatic rings. The lowest BCUT2D eigenvalue weighted by molar-refractivity contribution is -0.131. The number of amides is 1. The van der Waals surface area contributed by atoms with Gasteiger partial charge in [-0.25, -0.2) is 0 Å². The van der Waals surface area contributed by atoms with E-state index in [1.165, 1.54) is 0 Å². The standard InChI is InChI=1S/C20H21NO3/c1-23-12-10-21(14-16-9-11-24-15-16)20(22)13-18-7-4-6-17-5-2-3-8-19(17)18/h2-9,11,15H,10,12-14H2,1H3. The van der Waals surface area contributed by atoms with Gasteiger partial charge in [0.2, 0.25) is 5.91 Å². The maximum atomic E-state index is 12.8. The van der Waals surface area contributed by atoms with Crippen molar-refractivity contribution < 1.29 is 13.9 Å². The van der Waals surface area contributed by atoms with Gasteiger partial charge in [0.1, 0.15) is 0 Å². The Hall–Kier alpha value is -2.59. The molecule has 4 nitrogen and oxygen atoms in total. The normalized spacial score (nSPS) is 10.9. The first-order valence-corrected chi connectivity index (χ1v) is 8.02. The zero-order chi connectivity index (χ0) is 16.8. The summed E-state index contributed by atoms with van der Waals surface area (Å²) in [7, 11) is 1.64. The van der Waals surface area contributed by atoms with Gasteiger partial charge >= 0.3 is 0 Å². The Morgan fingerprint density at radius 3 is 2.75 bits per heavy atom. The van der Waals surface area contributed by atoms with Gasteiger partial charge in [0.15, 0.2) is 0 Å². The fourth-order valence-electron chi connectivity index (χ4n) is 2.82. The zero-order valence-electron chi connectivity index (χ0n) is 13.8. The van der Waals surface area contributed by atoms with E-state index >= 15 is 0 Å². The van der Waals surface area contributed by atoms with E-state index in [1.54, 1.807) is 19.6 Å². The molecule has 0 aliphatic heterocycles. The summed E-state index contributed by atoms with van der Waals surface area (Å²) >= 11 is 0. The first-order chi connectivity index (χ1) is 11.8. The van der Waals surface area contributed by atoms with Crippen LogP contribution in [0.5, 0.6) is 0 Å². The Balaban J connectivity index is 1.78. The van der Waals surface area contributed by atoms with Crippen LogP contribution < -0.4 is 0 Å². The molecule has 0 fully saturated rings. The Morgan fingerprint density at radius 1 is 1.12 bits per heavy atom. The van der Waals surface area contributed by atoms with Gasteiger partial charge in [-0.1, -0.05) is 42.5 Å². The van der Waals surface area contributed by atoms with E-state index in [2.05, 4.69) is 18.2 Å². The molecule has 24 heavy (non-hydrogen) atoms. The van der Waals surface area contributed by atoms with Crippen LogP contribution in [-0.2, 0) is 22.5 Å². The van der Waals surface area contributed by atoms with Crippen molar-refractivity contribution in [1.29, 1.82) is 0 Å². The topological polar surface area (TPSA) is 42.7 Å². The number of ether oxygens (including phenoxy) is 1. The van der Waals surface area contributed by atoms with E-state index in [-0.39, 0.29) is 5.91 Å². The van der Waals surface area contributed by atoms with Crippen LogP contribution in [0.3, 0.4) is 0 Å². The maximum Gasteiger partial charge on any atom is 0.227 e. The number of hydrogen-bond donors (Lipinski definition) is 0. The van der Waals surface area contributed by atoms with E-state index in [0.717, 1.165) is 21.9 Å². The minimum Gasteiger partial charge on any atom is -0.472 e. The second-order valence-electron chi connectivity index (χ2n) is 5.75. The molecule has 0 saturated carbocycles. The number of nitrogens with zero attached hydrogens (tertiary/aromatic N) is 1. The molecule has 0 atom stereocenters. The molecule has 0 radical (unpaired) electrons. The highest BCUT2D eigenvalue weighted by Crippen LogP contribution is 2.20. The van der Waals surface area contributed by atoms with Crippen LogP contribution in [0.2, 0.25) is 0 Å². The summed E-state index contributed by atoms with van der Waals surface area (Å²) in [4.78, 5) is 14.6. The SMILES string of the molecule is COCCN(Cc1ccoc1)C(=O)Cc1cccc2ccccc12. The molecule has 3 rings (SSSR count). The van der Waals surface area contributed by atoms with Gasteiger partial charge in [-0.3, -0.25) is 4.79 Å². The van der Waals surface area contributed by atoms with Crippen LogP contribution in [0.4, 0.5) is 0 Å². The average Bonchev–Trinajstić information content (AvgIpc) is 3.12. The van der Waals surface area contributed by atoms with E-state index in [1.807, 2.05) is 35.2 Å². The minimum absolute atomic E-state index is 0.0876. The van der Waals surface area contributed by atoms with Gasteiger partial charge < -0.3 is 14.1 Å². The third-order valence-corrected chi connectivity index (χ3v) is 4.09. The molecule has 1 heterocycles. The second kappa shape index (κ2) is 7.79. The van der Waals surface area contributed by atoms with E-state index in [4.69, 9.17) is 9.15 Å². The summed E-state index contributed by atoms with van der Waals surface area (Å²) in [5.74, 6) is 0.0876. The number of methoxy groups -OCH3 is 1. The highest BCUT2D eigenvalue weighted by molar-refractivity contribution is 5.90. The number of rotatable bonds is 7. The monoisotopic (exact) mass is 323 g/mol. The van der Waals surface area contributed by atoms with E-state index in [9.17, 15) is 4.79 Å². The van der Waals surface area contributed by atoms with Crippen molar-refractivity contribution in [2.45, 2.75) is 13.0 Å². The van der Waals surface area contributed by atoms with Crippen molar-refractivity contribution in [2.75, 3.05) is 20.3 Å². The first kappa shape index (κ1) is 16.3. The van der Waals surface area contributed by atoms with Gasteiger partial charge in [0.25, 0.3) is 0 Å². The molecule has 0 saturated heterocycles. The van der Waals surface area contributed by atoms with Crippen LogP contribution in [0.15, 0.2) is 65.5 Å². The molecule has 1 aromatic heterocycles. The highest BCUT2D eigenvalue weighted by Gasteiger charge is 2.16. The van der Waals surface area contributed by atoms with Crippen molar-refractivity contribution in [3.8, 4) is 0 Å². The Morgan fingerprint density at radius 2 is 1.96 bits per heavy atom. The molecule has 0 N–H and O–H groups in total. The Labute approximate surface area is 141 Å². The zero-order valence-corrected chi connectivity index (χ0v) is 13.8. The number of furan rings is 1. The summed E-state index contributed by atoms with van der Waals surface area (Å²) in [6.45, 7) is 1.61. The number of carbonyl (C=O) groups excluding carboxylic acids is 1. The molecule has 124 valence electrons. The number of hydrogen-bond acceptors (Lipinski definition) is 3. The highest BCUT2D eigenvalue weighted by atomic mass is 16.5. The van der Waals surface area contributed by atoms with Crippen molar-refractivity contribution in [3.63, 3.8) is 0 Å². The molecular formula is C20H21NO3. The Bertz CT molecular complexity index is 790. The van der Waals surface area contributed by atoms with Gasteiger partial charge in [0.05, 0.1) is 25.6 Å². The molecular weight excluding hydrogens is 302 g/mol. The van der Waals surface area contributed by atoms with Crippen molar-refractivity contribution >= 4 is 16.7 Å². The average molecular weight is 323 g/mol. The molecule has 0 aliphatic carbocycles. The molecule has 0 bridgehead atoms. The maximum absolute atomic E-state index is 12.8. The molecule has 0 unspecified atom stereocenters. The smallest absolute Gasteiger partial charge is 0.227 e. The molecule has 3 aromatic rings. The number of carbonyl (C=O) groups is 1. The fourth-order valence-corrected chi connectivity index (χ4v) is 2.82. The Kier molecular flexibility index (Phi) is 5.29. The minimum atomic E-state index is 0.0876. The lowest BCUT2D eigenvalue weighted by atomic mass is 10.0. The lowest BCUT2D eigenvalue weighted by Crippen LogP contribution is -2.34. The van der Waals surface area contributed by atoms with Crippen LogP contribution >= 0.6 is 0 Å². The molecule has 2 aromatic carbocycles. The summed E-state index contributed by atoms with van der Waals surface area (Å²) < 4.78 is 10.3. The van der Waals surface area contributed by atoms with Gasteiger partial charge in [-0.2, -0.15) is 0 Å². The summed E-state index contributed by atoms with van der Waals surface area (Å²) in [5.41, 5.74) is 2.03. The van der Waals surface area contributed by atoms with Crippen molar-refractivity contribution in [2.24, 2.45) is 0 Å². The quantitative estimate of drug-likeness (QED) is 0.666. The number of fused-ring (bicyclic) bond motifs is 1. The van der Waals surface area contributed by atoms with E-state index in [0.29, 0.717) is 26.1 Å². The lowest BCUT2D eigenvalue weighted by Gasteiger charge is -2.22.